The number of fused-ring (bicyclic) bond motifs is 1. The number of ether oxygens (including phenoxy) is 2. The van der Waals surface area contributed by atoms with E-state index in [0.717, 1.165) is 56.0 Å². The van der Waals surface area contributed by atoms with Crippen LogP contribution in [0.1, 0.15) is 37.7 Å². The summed E-state index contributed by atoms with van der Waals surface area (Å²) in [6.45, 7) is 2.47. The van der Waals surface area contributed by atoms with Crippen LogP contribution in [0, 0.1) is 0 Å². The Kier molecular flexibility index (Phi) is 7.32. The second kappa shape index (κ2) is 10.4. The molecule has 0 aromatic heterocycles. The Morgan fingerprint density at radius 3 is 2.62 bits per heavy atom. The molecule has 0 bridgehead atoms. The summed E-state index contributed by atoms with van der Waals surface area (Å²) in [6.07, 6.45) is 6.70. The molecule has 1 N–H and O–H groups in total. The van der Waals surface area contributed by atoms with Crippen molar-refractivity contribution in [2.24, 2.45) is 0 Å². The number of hydrogen-bond donors (Lipinski definition) is 1. The second-order valence-corrected chi connectivity index (χ2v) is 8.64. The first-order chi connectivity index (χ1) is 15.6. The molecule has 1 fully saturated rings. The second-order valence-electron chi connectivity index (χ2n) is 8.14. The van der Waals surface area contributed by atoms with Gasteiger partial charge in [0.15, 0.2) is 0 Å². The average Bonchev–Trinajstić information content (AvgIpc) is 3.29. The lowest BCUT2D eigenvalue weighted by molar-refractivity contribution is -0.249. The molecule has 0 unspecified atom stereocenters. The Morgan fingerprint density at radius 2 is 1.91 bits per heavy atom. The predicted octanol–water partition coefficient (Wildman–Crippen LogP) is 4.88. The van der Waals surface area contributed by atoms with E-state index in [0.29, 0.717) is 25.2 Å². The summed E-state index contributed by atoms with van der Waals surface area (Å²) in [7, 11) is 0. The summed E-state index contributed by atoms with van der Waals surface area (Å²) in [5.41, 5.74) is 1.24. The van der Waals surface area contributed by atoms with Crippen molar-refractivity contribution in [2.75, 3.05) is 30.9 Å². The van der Waals surface area contributed by atoms with Gasteiger partial charge >= 0.3 is 5.97 Å². The lowest BCUT2D eigenvalue weighted by Crippen LogP contribution is -2.42. The quantitative estimate of drug-likeness (QED) is 0.323. The highest BCUT2D eigenvalue weighted by molar-refractivity contribution is 7.94. The van der Waals surface area contributed by atoms with Crippen LogP contribution in [0.2, 0.25) is 0 Å². The molecule has 0 atom stereocenters. The number of anilines is 1. The summed E-state index contributed by atoms with van der Waals surface area (Å²) >= 11 is 1.32. The lowest BCUT2D eigenvalue weighted by Gasteiger charge is -2.31. The summed E-state index contributed by atoms with van der Waals surface area (Å²) in [5.74, 6) is 1.57. The Hall–Kier alpha value is -2.58. The molecule has 0 spiro atoms. The molecular formula is C24H29NO6S. The van der Waals surface area contributed by atoms with E-state index >= 15 is 0 Å². The third-order valence-electron chi connectivity index (χ3n) is 6.07. The molecule has 1 aliphatic heterocycles. The van der Waals surface area contributed by atoms with Crippen molar-refractivity contribution in [1.82, 2.24) is 0 Å². The van der Waals surface area contributed by atoms with Crippen molar-refractivity contribution in [3.63, 3.8) is 0 Å². The van der Waals surface area contributed by atoms with Gasteiger partial charge in [-0.3, -0.25) is 4.89 Å². The van der Waals surface area contributed by atoms with Gasteiger partial charge in [0.1, 0.15) is 23.9 Å². The number of aryl methyl sites for hydroxylation is 1. The zero-order chi connectivity index (χ0) is 22.4. The van der Waals surface area contributed by atoms with Crippen LogP contribution in [0.5, 0.6) is 17.2 Å². The van der Waals surface area contributed by atoms with Crippen molar-refractivity contribution in [2.45, 2.75) is 44.1 Å². The number of nitrogens with zero attached hydrogens (tertiary/aromatic N) is 1. The molecule has 2 aromatic rings. The third kappa shape index (κ3) is 5.07. The van der Waals surface area contributed by atoms with Crippen LogP contribution >= 0.6 is 12.0 Å². The molecule has 0 amide bonds. The molecule has 4 rings (SSSR count). The van der Waals surface area contributed by atoms with Crippen molar-refractivity contribution >= 4 is 23.7 Å². The maximum absolute atomic E-state index is 12.0. The first kappa shape index (κ1) is 22.6. The van der Waals surface area contributed by atoms with Crippen molar-refractivity contribution in [3.8, 4) is 17.2 Å². The molecule has 7 nitrogen and oxygen atoms in total. The van der Waals surface area contributed by atoms with Gasteiger partial charge in [-0.15, -0.1) is 0 Å². The summed E-state index contributed by atoms with van der Waals surface area (Å²) in [6, 6.07) is 13.8. The average molecular weight is 460 g/mol. The molecular weight excluding hydrogens is 430 g/mol. The Bertz CT molecular complexity index is 913. The van der Waals surface area contributed by atoms with Crippen LogP contribution in [-0.4, -0.2) is 42.8 Å². The van der Waals surface area contributed by atoms with E-state index in [1.54, 1.807) is 0 Å². The molecule has 0 saturated heterocycles. The fourth-order valence-electron chi connectivity index (χ4n) is 4.44. The number of carbonyl (C=O) groups excluding carboxylic acids is 1. The molecule has 0 radical (unpaired) electrons. The minimum Gasteiger partial charge on any atom is -0.489 e. The van der Waals surface area contributed by atoms with E-state index in [1.807, 2.05) is 42.7 Å². The van der Waals surface area contributed by atoms with Gasteiger partial charge in [-0.1, -0.05) is 12.1 Å². The summed E-state index contributed by atoms with van der Waals surface area (Å²) in [4.78, 5) is 18.4. The van der Waals surface area contributed by atoms with Gasteiger partial charge in [0.2, 0.25) is 5.60 Å². The van der Waals surface area contributed by atoms with E-state index in [-0.39, 0.29) is 0 Å². The number of rotatable bonds is 9. The monoisotopic (exact) mass is 459 g/mol. The predicted molar refractivity (Wildman–Crippen MR) is 124 cm³/mol. The Morgan fingerprint density at radius 1 is 1.16 bits per heavy atom. The van der Waals surface area contributed by atoms with Crippen molar-refractivity contribution in [3.05, 3.63) is 48.0 Å². The summed E-state index contributed by atoms with van der Waals surface area (Å²) < 4.78 is 17.3. The van der Waals surface area contributed by atoms with Crippen LogP contribution in [-0.2, 0) is 16.1 Å². The van der Waals surface area contributed by atoms with Gasteiger partial charge < -0.3 is 18.6 Å². The van der Waals surface area contributed by atoms with Gasteiger partial charge in [-0.05, 0) is 68.4 Å². The van der Waals surface area contributed by atoms with E-state index < -0.39 is 11.6 Å². The highest BCUT2D eigenvalue weighted by Crippen LogP contribution is 2.37. The highest BCUT2D eigenvalue weighted by Gasteiger charge is 2.45. The zero-order valence-corrected chi connectivity index (χ0v) is 19.1. The van der Waals surface area contributed by atoms with Crippen LogP contribution in [0.3, 0.4) is 0 Å². The van der Waals surface area contributed by atoms with Gasteiger partial charge in [-0.25, -0.2) is 4.79 Å². The summed E-state index contributed by atoms with van der Waals surface area (Å²) in [5, 5.41) is 8.84. The van der Waals surface area contributed by atoms with Gasteiger partial charge in [0.25, 0.3) is 0 Å². The Balaban J connectivity index is 1.31. The molecule has 8 heteroatoms. The third-order valence-corrected chi connectivity index (χ3v) is 6.43. The molecule has 1 aliphatic carbocycles. The molecule has 1 heterocycles. The SMILES string of the molecule is CSOc1ccc2c(c1)OCCN2CCCc1ccc(OC2(C(=O)OO)CCCC2)cc1. The van der Waals surface area contributed by atoms with Crippen LogP contribution < -0.4 is 18.6 Å². The fourth-order valence-corrected chi connectivity index (χ4v) is 4.73. The normalized spacial score (nSPS) is 16.8. The van der Waals surface area contributed by atoms with E-state index in [4.69, 9.17) is 18.9 Å². The van der Waals surface area contributed by atoms with Crippen molar-refractivity contribution < 1.29 is 28.6 Å². The van der Waals surface area contributed by atoms with E-state index in [9.17, 15) is 4.79 Å². The lowest BCUT2D eigenvalue weighted by atomic mass is 10.0. The van der Waals surface area contributed by atoms with Crippen LogP contribution in [0.4, 0.5) is 5.69 Å². The highest BCUT2D eigenvalue weighted by atomic mass is 32.2. The molecule has 1 saturated carbocycles. The van der Waals surface area contributed by atoms with Crippen LogP contribution in [0.15, 0.2) is 42.5 Å². The zero-order valence-electron chi connectivity index (χ0n) is 18.2. The number of hydrogen-bond acceptors (Lipinski definition) is 8. The fraction of sp³-hybridized carbons (Fsp3) is 0.458. The maximum atomic E-state index is 12.0. The largest absolute Gasteiger partial charge is 0.489 e. The van der Waals surface area contributed by atoms with Gasteiger partial charge in [-0.2, -0.15) is 5.26 Å². The first-order valence-corrected chi connectivity index (χ1v) is 12.1. The first-order valence-electron chi connectivity index (χ1n) is 11.0. The van der Waals surface area contributed by atoms with Crippen molar-refractivity contribution in [1.29, 1.82) is 0 Å². The van der Waals surface area contributed by atoms with E-state index in [1.165, 1.54) is 17.6 Å². The maximum Gasteiger partial charge on any atom is 0.385 e. The topological polar surface area (TPSA) is 77.5 Å². The molecule has 32 heavy (non-hydrogen) atoms. The van der Waals surface area contributed by atoms with E-state index in [2.05, 4.69) is 15.9 Å². The molecule has 172 valence electrons. The minimum absolute atomic E-state index is 0.556. The Labute approximate surface area is 192 Å². The van der Waals surface area contributed by atoms with Crippen LogP contribution in [0.25, 0.3) is 0 Å². The minimum atomic E-state index is -1.07. The smallest absolute Gasteiger partial charge is 0.385 e. The molecule has 2 aliphatic rings. The standard InChI is InChI=1S/C24H29NO6S/c1-32-31-20-10-11-21-22(17-20)28-16-15-25(21)14-4-5-18-6-8-19(9-7-18)29-24(23(26)30-27)12-2-3-13-24/h6-11,17,27H,2-5,12-16H2,1H3. The van der Waals surface area contributed by atoms with Gasteiger partial charge in [0, 0.05) is 18.9 Å². The number of carbonyl (C=O) groups is 1. The number of benzene rings is 2. The van der Waals surface area contributed by atoms with Gasteiger partial charge in [0.05, 0.1) is 24.3 Å². The molecule has 2 aromatic carbocycles.